The molecule has 82 valence electrons. The Kier molecular flexibility index (Phi) is 2.94. The Bertz CT molecular complexity index is 522. The summed E-state index contributed by atoms with van der Waals surface area (Å²) in [6.07, 6.45) is 4.35. The summed E-state index contributed by atoms with van der Waals surface area (Å²) in [6.45, 7) is 2.22. The van der Waals surface area contributed by atoms with Crippen LogP contribution in [0, 0.1) is 0 Å². The summed E-state index contributed by atoms with van der Waals surface area (Å²) in [5, 5.41) is 4.10. The number of ether oxygens (including phenoxy) is 1. The topological polar surface area (TPSA) is 43.6 Å². The van der Waals surface area contributed by atoms with Crippen molar-refractivity contribution in [2.45, 2.75) is 13.2 Å². The lowest BCUT2D eigenvalue weighted by atomic mass is 10.1. The van der Waals surface area contributed by atoms with Crippen LogP contribution in [0.4, 0.5) is 0 Å². The summed E-state index contributed by atoms with van der Waals surface area (Å²) < 4.78 is 7.19. The van der Waals surface area contributed by atoms with Crippen molar-refractivity contribution in [2.24, 2.45) is 0 Å². The van der Waals surface area contributed by atoms with Gasteiger partial charge in [0.1, 0.15) is 13.6 Å². The lowest BCUT2D eigenvalue weighted by Gasteiger charge is -2.04. The van der Waals surface area contributed by atoms with Crippen LogP contribution in [0.3, 0.4) is 0 Å². The lowest BCUT2D eigenvalue weighted by Crippen LogP contribution is -1.98. The van der Waals surface area contributed by atoms with Crippen LogP contribution in [0.5, 0.6) is 5.75 Å². The fourth-order valence-electron chi connectivity index (χ4n) is 1.54. The number of nitrogens with zero attached hydrogens (tertiary/aromatic N) is 2. The van der Waals surface area contributed by atoms with Gasteiger partial charge >= 0.3 is 0 Å². The highest BCUT2D eigenvalue weighted by Crippen LogP contribution is 2.18. The van der Waals surface area contributed by atoms with E-state index in [2.05, 4.69) is 12.9 Å². The molecule has 0 atom stereocenters. The molecule has 0 unspecified atom stereocenters. The molecule has 2 heterocycles. The smallest absolute Gasteiger partial charge is 0.163 e. The van der Waals surface area contributed by atoms with Gasteiger partial charge in [-0.05, 0) is 19.3 Å². The first kappa shape index (κ1) is 10.7. The fourth-order valence-corrected chi connectivity index (χ4v) is 1.54. The van der Waals surface area contributed by atoms with Gasteiger partial charge in [0.25, 0.3) is 0 Å². The van der Waals surface area contributed by atoms with Crippen LogP contribution >= 0.6 is 0 Å². The molecule has 0 aliphatic carbocycles. The Hall–Kier alpha value is -1.78. The number of aromatic nitrogens is 2. The summed E-state index contributed by atoms with van der Waals surface area (Å²) in [4.78, 5) is 11.4. The van der Waals surface area contributed by atoms with Crippen molar-refractivity contribution >= 4 is 19.1 Å². The molecule has 16 heavy (non-hydrogen) atoms. The van der Waals surface area contributed by atoms with E-state index in [-0.39, 0.29) is 5.78 Å². The van der Waals surface area contributed by atoms with Crippen LogP contribution in [-0.4, -0.2) is 29.9 Å². The molecule has 0 fully saturated rings. The summed E-state index contributed by atoms with van der Waals surface area (Å²) >= 11 is 0. The largest absolute Gasteiger partial charge is 0.494 e. The summed E-state index contributed by atoms with van der Waals surface area (Å²) in [6, 6.07) is 3.69. The minimum absolute atomic E-state index is 0.0163. The maximum atomic E-state index is 11.4. The molecule has 0 radical (unpaired) electrons. The number of hydrogen-bond donors (Lipinski definition) is 0. The van der Waals surface area contributed by atoms with Crippen LogP contribution in [-0.2, 0) is 0 Å². The molecule has 0 saturated carbocycles. The van der Waals surface area contributed by atoms with Gasteiger partial charge < -0.3 is 4.74 Å². The zero-order chi connectivity index (χ0) is 11.5. The zero-order valence-electron chi connectivity index (χ0n) is 9.43. The number of carbonyl (C=O) groups is 1. The molecule has 0 saturated heterocycles. The van der Waals surface area contributed by atoms with Crippen LogP contribution < -0.4 is 4.74 Å². The number of Topliss-reactive ketones (excluding diaryl/α,β-unsaturated/α-hetero) is 1. The number of hydrogen-bond acceptors (Lipinski definition) is 3. The maximum Gasteiger partial charge on any atom is 0.163 e. The van der Waals surface area contributed by atoms with Gasteiger partial charge in [-0.2, -0.15) is 5.10 Å². The van der Waals surface area contributed by atoms with Gasteiger partial charge in [-0.3, -0.25) is 4.79 Å². The van der Waals surface area contributed by atoms with E-state index in [0.717, 1.165) is 17.6 Å². The van der Waals surface area contributed by atoms with Gasteiger partial charge in [0, 0.05) is 12.3 Å². The first-order valence-electron chi connectivity index (χ1n) is 5.33. The molecule has 2 aromatic rings. The first-order chi connectivity index (χ1) is 7.72. The average molecular weight is 216 g/mol. The Balaban J connectivity index is 2.42. The zero-order valence-corrected chi connectivity index (χ0v) is 9.43. The van der Waals surface area contributed by atoms with Crippen molar-refractivity contribution in [1.82, 2.24) is 9.61 Å². The van der Waals surface area contributed by atoms with Gasteiger partial charge in [0.2, 0.25) is 0 Å². The second-order valence-corrected chi connectivity index (χ2v) is 3.66. The average Bonchev–Trinajstić information content (AvgIpc) is 2.69. The number of rotatable bonds is 4. The molecule has 5 heteroatoms. The monoisotopic (exact) mass is 216 g/mol. The highest BCUT2D eigenvalue weighted by atomic mass is 16.5. The second-order valence-electron chi connectivity index (χ2n) is 3.66. The Labute approximate surface area is 94.6 Å². The summed E-state index contributed by atoms with van der Waals surface area (Å²) in [5.41, 5.74) is 1.42. The SMILES string of the molecule is BCCOc1ccn2ncc(C(C)=O)c2c1. The molecule has 4 nitrogen and oxygen atoms in total. The molecule has 0 N–H and O–H groups in total. The second kappa shape index (κ2) is 4.39. The van der Waals surface area contributed by atoms with Crippen molar-refractivity contribution < 1.29 is 9.53 Å². The van der Waals surface area contributed by atoms with Crippen molar-refractivity contribution in [2.75, 3.05) is 6.61 Å². The fraction of sp³-hybridized carbons (Fsp3) is 0.273. The number of carbonyl (C=O) groups excluding carboxylic acids is 1. The minimum Gasteiger partial charge on any atom is -0.494 e. The molecule has 0 bridgehead atoms. The third-order valence-corrected chi connectivity index (χ3v) is 2.35. The van der Waals surface area contributed by atoms with Gasteiger partial charge in [-0.25, -0.2) is 4.52 Å². The van der Waals surface area contributed by atoms with E-state index in [1.807, 2.05) is 12.1 Å². The predicted octanol–water partition coefficient (Wildman–Crippen LogP) is 0.967. The molecule has 0 spiro atoms. The van der Waals surface area contributed by atoms with Gasteiger partial charge in [-0.15, -0.1) is 0 Å². The van der Waals surface area contributed by atoms with Crippen molar-refractivity contribution in [3.05, 3.63) is 30.1 Å². The quantitative estimate of drug-likeness (QED) is 0.564. The van der Waals surface area contributed by atoms with E-state index in [1.54, 1.807) is 16.9 Å². The van der Waals surface area contributed by atoms with Crippen LogP contribution in [0.2, 0.25) is 6.32 Å². The van der Waals surface area contributed by atoms with Crippen molar-refractivity contribution in [1.29, 1.82) is 0 Å². The molecular weight excluding hydrogens is 203 g/mol. The Morgan fingerprint density at radius 1 is 1.62 bits per heavy atom. The van der Waals surface area contributed by atoms with Crippen LogP contribution in [0.1, 0.15) is 17.3 Å². The molecule has 2 rings (SSSR count). The lowest BCUT2D eigenvalue weighted by molar-refractivity contribution is 0.101. The Morgan fingerprint density at radius 2 is 2.44 bits per heavy atom. The third-order valence-electron chi connectivity index (χ3n) is 2.35. The molecule has 0 aliphatic rings. The van der Waals surface area contributed by atoms with Gasteiger partial charge in [-0.1, -0.05) is 0 Å². The third kappa shape index (κ3) is 1.93. The van der Waals surface area contributed by atoms with Crippen molar-refractivity contribution in [3.63, 3.8) is 0 Å². The molecule has 0 amide bonds. The molecule has 0 aliphatic heterocycles. The van der Waals surface area contributed by atoms with Crippen LogP contribution in [0.25, 0.3) is 5.52 Å². The van der Waals surface area contributed by atoms with Gasteiger partial charge in [0.15, 0.2) is 5.78 Å². The van der Waals surface area contributed by atoms with E-state index in [4.69, 9.17) is 4.74 Å². The predicted molar refractivity (Wildman–Crippen MR) is 64.0 cm³/mol. The molecular formula is C11H13BN2O2. The van der Waals surface area contributed by atoms with E-state index < -0.39 is 0 Å². The van der Waals surface area contributed by atoms with Crippen LogP contribution in [0.15, 0.2) is 24.5 Å². The highest BCUT2D eigenvalue weighted by Gasteiger charge is 2.08. The van der Waals surface area contributed by atoms with E-state index in [1.165, 1.54) is 6.92 Å². The summed E-state index contributed by atoms with van der Waals surface area (Å²) in [5.74, 6) is 0.792. The minimum atomic E-state index is 0.0163. The standard InChI is InChI=1S/C11H13BN2O2/c1-8(15)10-7-13-14-4-2-9(6-11(10)14)16-5-3-12/h2,4,6-7H,3,5,12H2,1H3. The normalized spacial score (nSPS) is 10.6. The maximum absolute atomic E-state index is 11.4. The number of ketones is 1. The molecule has 2 aromatic heterocycles. The molecule has 0 aromatic carbocycles. The number of fused-ring (bicyclic) bond motifs is 1. The highest BCUT2D eigenvalue weighted by molar-refractivity contribution is 6.08. The van der Waals surface area contributed by atoms with E-state index >= 15 is 0 Å². The van der Waals surface area contributed by atoms with E-state index in [9.17, 15) is 4.79 Å². The Morgan fingerprint density at radius 3 is 3.12 bits per heavy atom. The van der Waals surface area contributed by atoms with E-state index in [0.29, 0.717) is 12.2 Å². The number of pyridine rings is 1. The van der Waals surface area contributed by atoms with Gasteiger partial charge in [0.05, 0.1) is 23.9 Å². The summed E-state index contributed by atoms with van der Waals surface area (Å²) in [7, 11) is 2.05. The van der Waals surface area contributed by atoms with Crippen molar-refractivity contribution in [3.8, 4) is 5.75 Å². The first-order valence-corrected chi connectivity index (χ1v) is 5.33.